The van der Waals surface area contributed by atoms with Crippen LogP contribution >= 0.6 is 11.3 Å². The largest absolute Gasteiger partial charge is 0.465 e. The zero-order valence-electron chi connectivity index (χ0n) is 16.7. The Bertz CT molecular complexity index is 1290. The van der Waals surface area contributed by atoms with E-state index in [1.54, 1.807) is 26.0 Å². The molecule has 0 spiro atoms. The fourth-order valence-electron chi connectivity index (χ4n) is 2.74. The van der Waals surface area contributed by atoms with Crippen LogP contribution in [0.15, 0.2) is 51.8 Å². The zero-order valence-corrected chi connectivity index (χ0v) is 18.3. The first-order valence-corrected chi connectivity index (χ1v) is 11.5. The lowest BCUT2D eigenvalue weighted by molar-refractivity contribution is -0.143. The minimum Gasteiger partial charge on any atom is -0.465 e. The van der Waals surface area contributed by atoms with Gasteiger partial charge in [-0.25, -0.2) is 9.18 Å². The van der Waals surface area contributed by atoms with Crippen molar-refractivity contribution in [3.05, 3.63) is 58.6 Å². The van der Waals surface area contributed by atoms with Gasteiger partial charge in [0.05, 0.1) is 33.9 Å². The van der Waals surface area contributed by atoms with Gasteiger partial charge >= 0.3 is 11.9 Å². The van der Waals surface area contributed by atoms with Gasteiger partial charge in [-0.05, 0) is 56.3 Å². The van der Waals surface area contributed by atoms with Crippen LogP contribution in [0.3, 0.4) is 0 Å². The van der Waals surface area contributed by atoms with E-state index >= 15 is 0 Å². The first-order chi connectivity index (χ1) is 14.7. The minimum atomic E-state index is -4.18. The number of rotatable bonds is 7. The van der Waals surface area contributed by atoms with E-state index in [-0.39, 0.29) is 35.0 Å². The summed E-state index contributed by atoms with van der Waals surface area (Å²) in [5, 5.41) is 0. The third-order valence-electron chi connectivity index (χ3n) is 4.10. The van der Waals surface area contributed by atoms with E-state index in [0.29, 0.717) is 10.2 Å². The maximum Gasteiger partial charge on any atom is 0.338 e. The molecule has 3 rings (SSSR count). The SMILES string of the molecule is CCOC(=O)Cn1/c(=N/S(=O)(=O)c2ccc(F)cc2)sc2cc(C(=O)OCC)ccc21. The van der Waals surface area contributed by atoms with Crippen molar-refractivity contribution in [2.45, 2.75) is 25.3 Å². The number of fused-ring (bicyclic) bond motifs is 1. The van der Waals surface area contributed by atoms with Gasteiger partial charge in [0.25, 0.3) is 10.0 Å². The molecule has 1 heterocycles. The van der Waals surface area contributed by atoms with Crippen molar-refractivity contribution in [1.29, 1.82) is 0 Å². The lowest BCUT2D eigenvalue weighted by Gasteiger charge is -2.06. The molecule has 164 valence electrons. The highest BCUT2D eigenvalue weighted by atomic mass is 32.2. The average molecular weight is 467 g/mol. The van der Waals surface area contributed by atoms with Crippen LogP contribution in [0, 0.1) is 5.82 Å². The Morgan fingerprint density at radius 1 is 1.06 bits per heavy atom. The normalized spacial score (nSPS) is 12.2. The number of ether oxygens (including phenoxy) is 2. The van der Waals surface area contributed by atoms with E-state index in [4.69, 9.17) is 9.47 Å². The molecular weight excluding hydrogens is 447 g/mol. The van der Waals surface area contributed by atoms with Crippen LogP contribution in [0.4, 0.5) is 4.39 Å². The number of carbonyl (C=O) groups excluding carboxylic acids is 2. The molecule has 3 aromatic rings. The molecule has 0 saturated heterocycles. The van der Waals surface area contributed by atoms with Crippen molar-refractivity contribution in [2.24, 2.45) is 4.40 Å². The number of hydrogen-bond acceptors (Lipinski definition) is 7. The number of nitrogens with zero attached hydrogens (tertiary/aromatic N) is 2. The zero-order chi connectivity index (χ0) is 22.6. The van der Waals surface area contributed by atoms with E-state index in [2.05, 4.69) is 4.40 Å². The molecule has 11 heteroatoms. The summed E-state index contributed by atoms with van der Waals surface area (Å²) in [6.07, 6.45) is 0. The Morgan fingerprint density at radius 3 is 2.39 bits per heavy atom. The first kappa shape index (κ1) is 22.6. The molecule has 0 bridgehead atoms. The molecule has 31 heavy (non-hydrogen) atoms. The van der Waals surface area contributed by atoms with Crippen molar-refractivity contribution in [3.8, 4) is 0 Å². The van der Waals surface area contributed by atoms with Crippen LogP contribution in [-0.2, 0) is 30.8 Å². The molecule has 0 aliphatic carbocycles. The van der Waals surface area contributed by atoms with Crippen molar-refractivity contribution < 1.29 is 31.9 Å². The topological polar surface area (TPSA) is 104 Å². The van der Waals surface area contributed by atoms with Gasteiger partial charge in [0.2, 0.25) is 4.80 Å². The monoisotopic (exact) mass is 466 g/mol. The van der Waals surface area contributed by atoms with E-state index in [1.165, 1.54) is 10.6 Å². The third kappa shape index (κ3) is 5.17. The van der Waals surface area contributed by atoms with Crippen LogP contribution in [0.1, 0.15) is 24.2 Å². The summed E-state index contributed by atoms with van der Waals surface area (Å²) in [6, 6.07) is 8.90. The maximum atomic E-state index is 13.2. The maximum absolute atomic E-state index is 13.2. The molecule has 0 amide bonds. The minimum absolute atomic E-state index is 0.00777. The first-order valence-electron chi connectivity index (χ1n) is 9.28. The summed E-state index contributed by atoms with van der Waals surface area (Å²) in [6.45, 7) is 3.44. The molecule has 0 unspecified atom stereocenters. The molecule has 8 nitrogen and oxygen atoms in total. The number of hydrogen-bond donors (Lipinski definition) is 0. The van der Waals surface area contributed by atoms with E-state index in [1.807, 2.05) is 0 Å². The van der Waals surface area contributed by atoms with Crippen molar-refractivity contribution in [1.82, 2.24) is 4.57 Å². The van der Waals surface area contributed by atoms with Gasteiger partial charge < -0.3 is 14.0 Å². The summed E-state index contributed by atoms with van der Waals surface area (Å²) < 4.78 is 54.4. The van der Waals surface area contributed by atoms with Gasteiger partial charge in [0.1, 0.15) is 12.4 Å². The second-order valence-corrected chi connectivity index (χ2v) is 8.81. The van der Waals surface area contributed by atoms with Gasteiger partial charge in [-0.2, -0.15) is 8.42 Å². The van der Waals surface area contributed by atoms with Gasteiger partial charge in [0, 0.05) is 0 Å². The number of esters is 2. The number of sulfonamides is 1. The molecule has 2 aromatic carbocycles. The molecule has 1 aromatic heterocycles. The number of halogens is 1. The van der Waals surface area contributed by atoms with Crippen LogP contribution in [0.25, 0.3) is 10.2 Å². The van der Waals surface area contributed by atoms with E-state index < -0.39 is 27.8 Å². The second kappa shape index (κ2) is 9.40. The van der Waals surface area contributed by atoms with Gasteiger partial charge in [-0.3, -0.25) is 4.79 Å². The Morgan fingerprint density at radius 2 is 1.74 bits per heavy atom. The summed E-state index contributed by atoms with van der Waals surface area (Å²) in [7, 11) is -4.18. The number of carbonyl (C=O) groups is 2. The molecule has 0 fully saturated rings. The highest BCUT2D eigenvalue weighted by Crippen LogP contribution is 2.21. The smallest absolute Gasteiger partial charge is 0.338 e. The molecule has 0 atom stereocenters. The molecule has 0 radical (unpaired) electrons. The van der Waals surface area contributed by atoms with Gasteiger partial charge in [0.15, 0.2) is 0 Å². The van der Waals surface area contributed by atoms with Crippen molar-refractivity contribution in [2.75, 3.05) is 13.2 Å². The summed E-state index contributed by atoms with van der Waals surface area (Å²) >= 11 is 0.986. The highest BCUT2D eigenvalue weighted by molar-refractivity contribution is 7.90. The predicted molar refractivity (Wildman–Crippen MR) is 112 cm³/mol. The number of thiazole rings is 1. The third-order valence-corrected chi connectivity index (χ3v) is 6.53. The lowest BCUT2D eigenvalue weighted by Crippen LogP contribution is -2.23. The van der Waals surface area contributed by atoms with Crippen LogP contribution in [0.2, 0.25) is 0 Å². The van der Waals surface area contributed by atoms with Gasteiger partial charge in [-0.1, -0.05) is 11.3 Å². The molecular formula is C20H19FN2O6S2. The van der Waals surface area contributed by atoms with Crippen molar-refractivity contribution in [3.63, 3.8) is 0 Å². The number of benzene rings is 2. The van der Waals surface area contributed by atoms with E-state index in [0.717, 1.165) is 35.6 Å². The van der Waals surface area contributed by atoms with Crippen molar-refractivity contribution >= 4 is 43.5 Å². The average Bonchev–Trinajstić information content (AvgIpc) is 3.04. The second-order valence-electron chi connectivity index (χ2n) is 6.20. The molecule has 0 aliphatic heterocycles. The number of aromatic nitrogens is 1. The Labute approximate surface area is 181 Å². The predicted octanol–water partition coefficient (Wildman–Crippen LogP) is 2.87. The highest BCUT2D eigenvalue weighted by Gasteiger charge is 2.18. The van der Waals surface area contributed by atoms with Crippen LogP contribution in [0.5, 0.6) is 0 Å². The van der Waals surface area contributed by atoms with Gasteiger partial charge in [-0.15, -0.1) is 4.40 Å². The molecule has 0 saturated carbocycles. The van der Waals surface area contributed by atoms with E-state index in [9.17, 15) is 22.4 Å². The lowest BCUT2D eigenvalue weighted by atomic mass is 10.2. The molecule has 0 N–H and O–H groups in total. The standard InChI is InChI=1S/C20H19FN2O6S2/c1-3-28-18(24)12-23-16-10-5-13(19(25)29-4-2)11-17(16)30-20(23)22-31(26,27)15-8-6-14(21)7-9-15/h5-11H,3-4,12H2,1-2H3/b22-20-. The summed E-state index contributed by atoms with van der Waals surface area (Å²) in [5.74, 6) is -1.67. The fourth-order valence-corrected chi connectivity index (χ4v) is 5.01. The Kier molecular flexibility index (Phi) is 6.86. The summed E-state index contributed by atoms with van der Waals surface area (Å²) in [5.41, 5.74) is 0.783. The van der Waals surface area contributed by atoms with Crippen LogP contribution in [-0.4, -0.2) is 38.1 Å². The fraction of sp³-hybridized carbons (Fsp3) is 0.250. The Balaban J connectivity index is 2.17. The Hall–Kier alpha value is -3.05. The quantitative estimate of drug-likeness (QED) is 0.496. The summed E-state index contributed by atoms with van der Waals surface area (Å²) in [4.78, 5) is 23.9. The molecule has 0 aliphatic rings. The van der Waals surface area contributed by atoms with Crippen LogP contribution < -0.4 is 4.80 Å².